The van der Waals surface area contributed by atoms with Crippen molar-refractivity contribution < 1.29 is 0 Å². The number of benzene rings is 1. The fourth-order valence-electron chi connectivity index (χ4n) is 2.22. The molecule has 3 rings (SSSR count). The number of aromatic nitrogens is 3. The molecule has 1 aromatic carbocycles. The van der Waals surface area contributed by atoms with Crippen LogP contribution in [-0.4, -0.2) is 20.4 Å². The number of nitrogens with one attached hydrogen (secondary N) is 1. The van der Waals surface area contributed by atoms with Crippen molar-refractivity contribution >= 4 is 23.2 Å². The molecule has 0 aliphatic heterocycles. The Morgan fingerprint density at radius 1 is 1.06 bits per heavy atom. The van der Waals surface area contributed by atoms with Gasteiger partial charge in [0, 0.05) is 6.04 Å². The molecule has 1 saturated carbocycles. The molecule has 0 saturated heterocycles. The van der Waals surface area contributed by atoms with Crippen molar-refractivity contribution in [3.05, 3.63) is 24.3 Å². The minimum absolute atomic E-state index is 0.614. The summed E-state index contributed by atoms with van der Waals surface area (Å²) in [4.78, 5) is 0. The molecule has 1 N–H and O–H groups in total. The molecule has 17 heavy (non-hydrogen) atoms. The third kappa shape index (κ3) is 2.61. The Morgan fingerprint density at radius 2 is 1.71 bits per heavy atom. The van der Waals surface area contributed by atoms with Gasteiger partial charge in [-0.3, -0.25) is 0 Å². The summed E-state index contributed by atoms with van der Waals surface area (Å²) >= 11 is 1.50. The normalized spacial score (nSPS) is 17.6. The Balaban J connectivity index is 1.64. The number of fused-ring (bicyclic) bond motifs is 1. The summed E-state index contributed by atoms with van der Waals surface area (Å²) in [5.41, 5.74) is 1.90. The predicted molar refractivity (Wildman–Crippen MR) is 70.5 cm³/mol. The zero-order valence-electron chi connectivity index (χ0n) is 9.67. The first kappa shape index (κ1) is 11.0. The van der Waals surface area contributed by atoms with Crippen LogP contribution in [0, 0.1) is 0 Å². The summed E-state index contributed by atoms with van der Waals surface area (Å²) in [5, 5.41) is 8.81. The molecule has 2 aromatic rings. The average Bonchev–Trinajstić information content (AvgIpc) is 2.80. The van der Waals surface area contributed by atoms with Gasteiger partial charge in [0.25, 0.3) is 0 Å². The summed E-state index contributed by atoms with van der Waals surface area (Å²) in [6, 6.07) is 8.56. The molecule has 1 aliphatic rings. The second-order valence-electron chi connectivity index (χ2n) is 4.49. The van der Waals surface area contributed by atoms with Gasteiger partial charge < -0.3 is 0 Å². The molecule has 90 valence electrons. The highest BCUT2D eigenvalue weighted by Gasteiger charge is 2.13. The van der Waals surface area contributed by atoms with Gasteiger partial charge in [-0.05, 0) is 25.0 Å². The molecule has 0 spiro atoms. The van der Waals surface area contributed by atoms with E-state index in [-0.39, 0.29) is 0 Å². The van der Waals surface area contributed by atoms with E-state index in [0.29, 0.717) is 6.04 Å². The molecule has 1 aliphatic carbocycles. The van der Waals surface area contributed by atoms with Gasteiger partial charge in [-0.1, -0.05) is 31.4 Å². The Bertz CT molecular complexity index is 457. The van der Waals surface area contributed by atoms with Crippen molar-refractivity contribution in [3.63, 3.8) is 0 Å². The molecule has 1 fully saturated rings. The summed E-state index contributed by atoms with van der Waals surface area (Å²) in [6.45, 7) is 0. The van der Waals surface area contributed by atoms with Crippen molar-refractivity contribution in [1.82, 2.24) is 19.1 Å². The quantitative estimate of drug-likeness (QED) is 0.848. The summed E-state index contributed by atoms with van der Waals surface area (Å²) in [7, 11) is 0. The van der Waals surface area contributed by atoms with Crippen LogP contribution in [0.25, 0.3) is 11.0 Å². The second-order valence-corrected chi connectivity index (χ2v) is 5.23. The third-order valence-corrected chi connectivity index (χ3v) is 3.94. The highest BCUT2D eigenvalue weighted by atomic mass is 32.2. The van der Waals surface area contributed by atoms with E-state index in [0.717, 1.165) is 11.0 Å². The largest absolute Gasteiger partial charge is 0.240 e. The van der Waals surface area contributed by atoms with E-state index >= 15 is 0 Å². The van der Waals surface area contributed by atoms with Crippen LogP contribution < -0.4 is 4.72 Å². The van der Waals surface area contributed by atoms with Gasteiger partial charge in [-0.2, -0.15) is 0 Å². The Labute approximate surface area is 105 Å². The zero-order chi connectivity index (χ0) is 11.5. The fraction of sp³-hybridized carbons (Fsp3) is 0.500. The molecular weight excluding hydrogens is 232 g/mol. The van der Waals surface area contributed by atoms with Crippen molar-refractivity contribution in [1.29, 1.82) is 0 Å². The lowest BCUT2D eigenvalue weighted by Crippen LogP contribution is -2.26. The van der Waals surface area contributed by atoms with Gasteiger partial charge in [0.05, 0.1) is 12.1 Å². The lowest BCUT2D eigenvalue weighted by molar-refractivity contribution is 0.422. The molecular formula is C12H16N4S. The van der Waals surface area contributed by atoms with Crippen LogP contribution in [-0.2, 0) is 0 Å². The van der Waals surface area contributed by atoms with E-state index in [1.807, 2.05) is 24.3 Å². The standard InChI is InChI=1S/C12H16N4S/c1-2-6-10(7-3-1)15-17-16-13-11-8-4-5-9-12(11)14-16/h4-5,8-10,15H,1-3,6-7H2. The minimum Gasteiger partial charge on any atom is -0.240 e. The molecule has 1 heterocycles. The van der Waals surface area contributed by atoms with E-state index in [2.05, 4.69) is 14.9 Å². The smallest absolute Gasteiger partial charge is 0.114 e. The van der Waals surface area contributed by atoms with E-state index in [4.69, 9.17) is 0 Å². The summed E-state index contributed by atoms with van der Waals surface area (Å²) in [5.74, 6) is 0. The van der Waals surface area contributed by atoms with Crippen LogP contribution in [0.1, 0.15) is 32.1 Å². The van der Waals surface area contributed by atoms with Crippen LogP contribution in [0.2, 0.25) is 0 Å². The lowest BCUT2D eigenvalue weighted by Gasteiger charge is -2.21. The first-order valence-electron chi connectivity index (χ1n) is 6.17. The topological polar surface area (TPSA) is 42.7 Å². The molecule has 0 atom stereocenters. The highest BCUT2D eigenvalue weighted by Crippen LogP contribution is 2.19. The number of hydrogen-bond acceptors (Lipinski definition) is 4. The van der Waals surface area contributed by atoms with Crippen LogP contribution in [0.3, 0.4) is 0 Å². The maximum absolute atomic E-state index is 4.40. The molecule has 0 bridgehead atoms. The van der Waals surface area contributed by atoms with Crippen molar-refractivity contribution in [2.75, 3.05) is 0 Å². The van der Waals surface area contributed by atoms with Crippen molar-refractivity contribution in [3.8, 4) is 0 Å². The van der Waals surface area contributed by atoms with Gasteiger partial charge in [-0.25, -0.2) is 4.72 Å². The minimum atomic E-state index is 0.614. The molecule has 0 radical (unpaired) electrons. The fourth-order valence-corrected chi connectivity index (χ4v) is 2.96. The predicted octanol–water partition coefficient (Wildman–Crippen LogP) is 2.76. The van der Waals surface area contributed by atoms with Crippen LogP contribution >= 0.6 is 12.1 Å². The second kappa shape index (κ2) is 5.06. The van der Waals surface area contributed by atoms with E-state index in [1.165, 1.54) is 44.2 Å². The van der Waals surface area contributed by atoms with Gasteiger partial charge >= 0.3 is 0 Å². The van der Waals surface area contributed by atoms with Gasteiger partial charge in [0.2, 0.25) is 0 Å². The Hall–Kier alpha value is -1.07. The van der Waals surface area contributed by atoms with Crippen molar-refractivity contribution in [2.24, 2.45) is 0 Å². The van der Waals surface area contributed by atoms with Crippen LogP contribution in [0.4, 0.5) is 0 Å². The molecule has 0 amide bonds. The van der Waals surface area contributed by atoms with Crippen molar-refractivity contribution in [2.45, 2.75) is 38.1 Å². The van der Waals surface area contributed by atoms with Crippen LogP contribution in [0.15, 0.2) is 24.3 Å². The van der Waals surface area contributed by atoms with E-state index in [9.17, 15) is 0 Å². The maximum Gasteiger partial charge on any atom is 0.114 e. The Kier molecular flexibility index (Phi) is 3.29. The van der Waals surface area contributed by atoms with Gasteiger partial charge in [0.15, 0.2) is 0 Å². The van der Waals surface area contributed by atoms with Gasteiger partial charge in [-0.15, -0.1) is 14.4 Å². The first-order chi connectivity index (χ1) is 8.42. The average molecular weight is 248 g/mol. The highest BCUT2D eigenvalue weighted by molar-refractivity contribution is 7.95. The monoisotopic (exact) mass is 248 g/mol. The molecule has 0 unspecified atom stereocenters. The molecule has 4 nitrogen and oxygen atoms in total. The number of rotatable bonds is 3. The Morgan fingerprint density at radius 3 is 2.35 bits per heavy atom. The zero-order valence-corrected chi connectivity index (χ0v) is 10.5. The lowest BCUT2D eigenvalue weighted by atomic mass is 9.96. The summed E-state index contributed by atoms with van der Waals surface area (Å²) in [6.07, 6.45) is 6.60. The SMILES string of the molecule is c1ccc2nn(SNC3CCCCC3)nc2c1. The maximum atomic E-state index is 4.40. The van der Waals surface area contributed by atoms with E-state index < -0.39 is 0 Å². The first-order valence-corrected chi connectivity index (χ1v) is 6.94. The van der Waals surface area contributed by atoms with E-state index in [1.54, 1.807) is 4.20 Å². The molecule has 1 aromatic heterocycles. The molecule has 5 heteroatoms. The number of nitrogens with zero attached hydrogens (tertiary/aromatic N) is 3. The van der Waals surface area contributed by atoms with Crippen LogP contribution in [0.5, 0.6) is 0 Å². The van der Waals surface area contributed by atoms with Gasteiger partial charge in [0.1, 0.15) is 11.0 Å². The number of hydrogen-bond donors (Lipinski definition) is 1. The summed E-state index contributed by atoms with van der Waals surface area (Å²) < 4.78 is 5.13. The third-order valence-electron chi connectivity index (χ3n) is 3.17.